The van der Waals surface area contributed by atoms with E-state index < -0.39 is 0 Å². The maximum absolute atomic E-state index is 12.4. The van der Waals surface area contributed by atoms with Gasteiger partial charge in [0.25, 0.3) is 0 Å². The van der Waals surface area contributed by atoms with Crippen LogP contribution in [0.15, 0.2) is 18.2 Å². The molecule has 4 nitrogen and oxygen atoms in total. The molecule has 2 aliphatic carbocycles. The zero-order valence-corrected chi connectivity index (χ0v) is 12.4. The third-order valence-corrected chi connectivity index (χ3v) is 4.87. The number of carbonyl (C=O) groups excluding carboxylic acids is 2. The van der Waals surface area contributed by atoms with Crippen molar-refractivity contribution < 1.29 is 14.7 Å². The normalized spacial score (nSPS) is 28.2. The summed E-state index contributed by atoms with van der Waals surface area (Å²) in [6.45, 7) is 0. The Hall–Kier alpha value is -1.55. The van der Waals surface area contributed by atoms with E-state index >= 15 is 0 Å². The van der Waals surface area contributed by atoms with Crippen LogP contribution in [-0.4, -0.2) is 16.8 Å². The second-order valence-corrected chi connectivity index (χ2v) is 6.48. The van der Waals surface area contributed by atoms with Crippen LogP contribution in [-0.2, 0) is 9.59 Å². The minimum absolute atomic E-state index is 0.0390. The number of hydrogen-bond acceptors (Lipinski definition) is 3. The summed E-state index contributed by atoms with van der Waals surface area (Å²) in [6.07, 6.45) is 4.18. The lowest BCUT2D eigenvalue weighted by Gasteiger charge is -2.36. The molecular weight excluding hydrogens is 290 g/mol. The van der Waals surface area contributed by atoms with Crippen LogP contribution in [0, 0.1) is 17.8 Å². The molecular formula is C16H18ClNO3. The van der Waals surface area contributed by atoms with Gasteiger partial charge in [0.05, 0.1) is 5.69 Å². The summed E-state index contributed by atoms with van der Waals surface area (Å²) < 4.78 is 0. The molecule has 0 radical (unpaired) electrons. The van der Waals surface area contributed by atoms with Gasteiger partial charge in [-0.3, -0.25) is 9.59 Å². The zero-order valence-electron chi connectivity index (χ0n) is 11.6. The van der Waals surface area contributed by atoms with Gasteiger partial charge in [-0.15, -0.1) is 0 Å². The molecule has 112 valence electrons. The molecule has 3 rings (SSSR count). The molecule has 1 aromatic rings. The average molecular weight is 308 g/mol. The number of anilines is 1. The van der Waals surface area contributed by atoms with E-state index in [1.54, 1.807) is 12.1 Å². The van der Waals surface area contributed by atoms with Crippen molar-refractivity contribution in [1.29, 1.82) is 0 Å². The van der Waals surface area contributed by atoms with Crippen molar-refractivity contribution in [2.45, 2.75) is 32.1 Å². The first-order valence-corrected chi connectivity index (χ1v) is 7.75. The molecule has 0 saturated heterocycles. The van der Waals surface area contributed by atoms with Crippen LogP contribution in [0.2, 0.25) is 5.02 Å². The maximum atomic E-state index is 12.4. The number of halogens is 1. The van der Waals surface area contributed by atoms with E-state index in [9.17, 15) is 14.7 Å². The Morgan fingerprint density at radius 1 is 1.24 bits per heavy atom. The summed E-state index contributed by atoms with van der Waals surface area (Å²) in [5.74, 6) is 0.145. The minimum atomic E-state index is -0.145. The number of carbonyl (C=O) groups is 2. The Morgan fingerprint density at radius 3 is 2.52 bits per heavy atom. The number of hydrogen-bond donors (Lipinski definition) is 2. The second-order valence-electron chi connectivity index (χ2n) is 6.05. The molecule has 1 amide bonds. The third-order valence-electron chi connectivity index (χ3n) is 4.64. The molecule has 0 aromatic heterocycles. The number of fused-ring (bicyclic) bond motifs is 2. The van der Waals surface area contributed by atoms with Crippen LogP contribution in [0.5, 0.6) is 5.75 Å². The Morgan fingerprint density at radius 2 is 1.90 bits per heavy atom. The van der Waals surface area contributed by atoms with Crippen LogP contribution < -0.4 is 5.32 Å². The zero-order chi connectivity index (χ0) is 15.0. The van der Waals surface area contributed by atoms with Crippen LogP contribution in [0.1, 0.15) is 32.1 Å². The van der Waals surface area contributed by atoms with E-state index in [1.807, 2.05) is 0 Å². The molecule has 2 unspecified atom stereocenters. The van der Waals surface area contributed by atoms with Gasteiger partial charge in [0, 0.05) is 28.8 Å². The molecule has 2 atom stereocenters. The topological polar surface area (TPSA) is 66.4 Å². The van der Waals surface area contributed by atoms with Gasteiger partial charge in [-0.05, 0) is 37.8 Å². The highest BCUT2D eigenvalue weighted by Gasteiger charge is 2.41. The van der Waals surface area contributed by atoms with Crippen LogP contribution in [0.4, 0.5) is 5.69 Å². The van der Waals surface area contributed by atoms with Crippen molar-refractivity contribution in [3.8, 4) is 5.75 Å². The molecule has 2 fully saturated rings. The van der Waals surface area contributed by atoms with Crippen molar-refractivity contribution >= 4 is 29.0 Å². The van der Waals surface area contributed by atoms with E-state index in [4.69, 9.17) is 11.6 Å². The molecule has 2 saturated carbocycles. The predicted molar refractivity (Wildman–Crippen MR) is 80.3 cm³/mol. The summed E-state index contributed by atoms with van der Waals surface area (Å²) in [5.41, 5.74) is 0.367. The first-order valence-electron chi connectivity index (χ1n) is 7.37. The van der Waals surface area contributed by atoms with Gasteiger partial charge in [0.1, 0.15) is 11.5 Å². The van der Waals surface area contributed by atoms with Gasteiger partial charge >= 0.3 is 0 Å². The molecule has 0 aliphatic heterocycles. The van der Waals surface area contributed by atoms with Crippen molar-refractivity contribution in [1.82, 2.24) is 0 Å². The second kappa shape index (κ2) is 5.68. The Balaban J connectivity index is 1.70. The fourth-order valence-corrected chi connectivity index (χ4v) is 3.71. The molecule has 2 aliphatic rings. The predicted octanol–water partition coefficient (Wildman–Crippen LogP) is 3.38. The minimum Gasteiger partial charge on any atom is -0.506 e. The highest BCUT2D eigenvalue weighted by molar-refractivity contribution is 6.30. The number of phenolic OH excluding ortho intramolecular Hbond substituents is 1. The van der Waals surface area contributed by atoms with Crippen molar-refractivity contribution in [3.05, 3.63) is 23.2 Å². The van der Waals surface area contributed by atoms with Crippen molar-refractivity contribution in [2.24, 2.45) is 17.8 Å². The molecule has 5 heteroatoms. The van der Waals surface area contributed by atoms with E-state index in [-0.39, 0.29) is 29.4 Å². The lowest BCUT2D eigenvalue weighted by molar-refractivity contribution is -0.136. The van der Waals surface area contributed by atoms with Gasteiger partial charge in [-0.25, -0.2) is 0 Å². The number of amides is 1. The van der Waals surface area contributed by atoms with Gasteiger partial charge < -0.3 is 10.4 Å². The lowest BCUT2D eigenvalue weighted by Crippen LogP contribution is -2.40. The highest BCUT2D eigenvalue weighted by atomic mass is 35.5. The highest BCUT2D eigenvalue weighted by Crippen LogP contribution is 2.40. The standard InChI is InChI=1S/C16H18ClNO3/c17-12-4-5-13(14(19)8-12)18-16(21)11-6-9-2-1-3-10(7-11)15(9)20/h4-5,8-11,19H,1-3,6-7H2,(H,18,21). The van der Waals surface area contributed by atoms with Crippen molar-refractivity contribution in [2.75, 3.05) is 5.32 Å². The summed E-state index contributed by atoms with van der Waals surface area (Å²) in [6, 6.07) is 4.61. The van der Waals surface area contributed by atoms with Crippen LogP contribution in [0.25, 0.3) is 0 Å². The Kier molecular flexibility index (Phi) is 3.89. The largest absolute Gasteiger partial charge is 0.506 e. The Labute approximate surface area is 128 Å². The molecule has 21 heavy (non-hydrogen) atoms. The third kappa shape index (κ3) is 2.91. The summed E-state index contributed by atoms with van der Waals surface area (Å²) in [5, 5.41) is 13.0. The fourth-order valence-electron chi connectivity index (χ4n) is 3.54. The van der Waals surface area contributed by atoms with Crippen LogP contribution in [0.3, 0.4) is 0 Å². The molecule has 2 N–H and O–H groups in total. The van der Waals surface area contributed by atoms with Gasteiger partial charge in [-0.2, -0.15) is 0 Å². The summed E-state index contributed by atoms with van der Waals surface area (Å²) in [7, 11) is 0. The smallest absolute Gasteiger partial charge is 0.227 e. The van der Waals surface area contributed by atoms with E-state index in [2.05, 4.69) is 5.32 Å². The Bertz CT molecular complexity index is 571. The summed E-state index contributed by atoms with van der Waals surface area (Å²) >= 11 is 5.77. The fraction of sp³-hybridized carbons (Fsp3) is 0.500. The number of Topliss-reactive ketones (excluding diaryl/α,β-unsaturated/α-hetero) is 1. The first kappa shape index (κ1) is 14.4. The maximum Gasteiger partial charge on any atom is 0.227 e. The quantitative estimate of drug-likeness (QED) is 0.823. The molecule has 1 aromatic carbocycles. The SMILES string of the molecule is O=C(Nc1ccc(Cl)cc1O)C1CC2CCCC(C1)C2=O. The monoisotopic (exact) mass is 307 g/mol. The molecule has 0 heterocycles. The number of phenols is 1. The average Bonchev–Trinajstić information content (AvgIpc) is 2.41. The first-order chi connectivity index (χ1) is 10.0. The number of benzene rings is 1. The van der Waals surface area contributed by atoms with Crippen molar-refractivity contribution in [3.63, 3.8) is 0 Å². The number of rotatable bonds is 2. The van der Waals surface area contributed by atoms with Crippen LogP contribution >= 0.6 is 11.6 Å². The molecule has 0 spiro atoms. The van der Waals surface area contributed by atoms with Gasteiger partial charge in [-0.1, -0.05) is 18.0 Å². The van der Waals surface area contributed by atoms with E-state index in [0.29, 0.717) is 29.3 Å². The van der Waals surface area contributed by atoms with E-state index in [1.165, 1.54) is 6.07 Å². The number of ketones is 1. The number of aromatic hydroxyl groups is 1. The summed E-state index contributed by atoms with van der Waals surface area (Å²) in [4.78, 5) is 24.4. The van der Waals surface area contributed by atoms with Gasteiger partial charge in [0.15, 0.2) is 0 Å². The van der Waals surface area contributed by atoms with Gasteiger partial charge in [0.2, 0.25) is 5.91 Å². The number of nitrogens with one attached hydrogen (secondary N) is 1. The van der Waals surface area contributed by atoms with E-state index in [0.717, 1.165) is 19.3 Å². The lowest BCUT2D eigenvalue weighted by atomic mass is 9.67. The molecule has 2 bridgehead atoms.